The number of aliphatic hydroxyl groups is 2. The first-order chi connectivity index (χ1) is 4.26. The van der Waals surface area contributed by atoms with E-state index in [2.05, 4.69) is 4.74 Å². The van der Waals surface area contributed by atoms with Crippen molar-refractivity contribution < 1.29 is 19.7 Å². The van der Waals surface area contributed by atoms with Crippen LogP contribution in [0, 0.1) is 0 Å². The highest BCUT2D eigenvalue weighted by Gasteiger charge is 2.15. The molecule has 0 aromatic rings. The van der Waals surface area contributed by atoms with E-state index in [1.54, 1.807) is 0 Å². The predicted molar refractivity (Wildman–Crippen MR) is 30.0 cm³/mol. The van der Waals surface area contributed by atoms with Crippen molar-refractivity contribution >= 4 is 6.29 Å². The molecule has 0 bridgehead atoms. The van der Waals surface area contributed by atoms with Gasteiger partial charge in [-0.25, -0.2) is 0 Å². The number of carbonyl (C=O) groups is 1. The standard InChI is InChI=1S/C5H10O4/c1-9-5(3-7)4(8)2-6/h2,4-5,7-8H,3H2,1H3. The van der Waals surface area contributed by atoms with E-state index in [-0.39, 0.29) is 6.61 Å². The third kappa shape index (κ3) is 2.55. The molecule has 0 radical (unpaired) electrons. The van der Waals surface area contributed by atoms with Crippen molar-refractivity contribution in [3.63, 3.8) is 0 Å². The lowest BCUT2D eigenvalue weighted by atomic mass is 10.2. The van der Waals surface area contributed by atoms with Gasteiger partial charge in [0, 0.05) is 7.11 Å². The minimum absolute atomic E-state index is 0.324. The molecule has 2 atom stereocenters. The normalized spacial score (nSPS) is 16.8. The van der Waals surface area contributed by atoms with Crippen LogP contribution in [-0.2, 0) is 9.53 Å². The molecule has 54 valence electrons. The maximum absolute atomic E-state index is 9.82. The summed E-state index contributed by atoms with van der Waals surface area (Å²) in [4.78, 5) is 9.82. The molecular formula is C5H10O4. The first-order valence-corrected chi connectivity index (χ1v) is 2.53. The van der Waals surface area contributed by atoms with Gasteiger partial charge >= 0.3 is 0 Å². The maximum atomic E-state index is 9.82. The highest BCUT2D eigenvalue weighted by Crippen LogP contribution is 1.92. The predicted octanol–water partition coefficient (Wildman–Crippen LogP) is -1.45. The fourth-order valence-electron chi connectivity index (χ4n) is 0.410. The van der Waals surface area contributed by atoms with Crippen molar-refractivity contribution in [1.82, 2.24) is 0 Å². The number of aldehydes is 1. The van der Waals surface area contributed by atoms with Gasteiger partial charge in [0.1, 0.15) is 12.2 Å². The van der Waals surface area contributed by atoms with Gasteiger partial charge in [0.25, 0.3) is 0 Å². The molecule has 0 fully saturated rings. The van der Waals surface area contributed by atoms with Crippen LogP contribution < -0.4 is 0 Å². The van der Waals surface area contributed by atoms with E-state index >= 15 is 0 Å². The van der Waals surface area contributed by atoms with Gasteiger partial charge in [-0.05, 0) is 0 Å². The topological polar surface area (TPSA) is 66.8 Å². The summed E-state index contributed by atoms with van der Waals surface area (Å²) in [6, 6.07) is 0. The third-order valence-electron chi connectivity index (χ3n) is 1.00. The van der Waals surface area contributed by atoms with Gasteiger partial charge in [-0.2, -0.15) is 0 Å². The molecule has 0 spiro atoms. The number of aliphatic hydroxyl groups excluding tert-OH is 2. The molecule has 0 aliphatic carbocycles. The molecule has 0 aliphatic heterocycles. The molecule has 0 heterocycles. The summed E-state index contributed by atoms with van der Waals surface area (Å²) in [5.74, 6) is 0. The van der Waals surface area contributed by atoms with E-state index in [1.807, 2.05) is 0 Å². The van der Waals surface area contributed by atoms with E-state index < -0.39 is 12.2 Å². The van der Waals surface area contributed by atoms with E-state index in [0.717, 1.165) is 0 Å². The minimum Gasteiger partial charge on any atom is -0.394 e. The van der Waals surface area contributed by atoms with E-state index in [0.29, 0.717) is 6.29 Å². The lowest BCUT2D eigenvalue weighted by molar-refractivity contribution is -0.123. The quantitative estimate of drug-likeness (QED) is 0.462. The second-order valence-corrected chi connectivity index (χ2v) is 1.58. The fraction of sp³-hybridized carbons (Fsp3) is 0.800. The Labute approximate surface area is 53.1 Å². The van der Waals surface area contributed by atoms with Crippen LogP contribution in [-0.4, -0.2) is 42.4 Å². The van der Waals surface area contributed by atoms with Crippen LogP contribution in [0.1, 0.15) is 0 Å². The zero-order valence-electron chi connectivity index (χ0n) is 5.15. The number of rotatable bonds is 4. The first-order valence-electron chi connectivity index (χ1n) is 2.53. The van der Waals surface area contributed by atoms with Gasteiger partial charge in [-0.3, -0.25) is 0 Å². The molecule has 4 heteroatoms. The van der Waals surface area contributed by atoms with Crippen molar-refractivity contribution in [2.24, 2.45) is 0 Å². The highest BCUT2D eigenvalue weighted by atomic mass is 16.5. The van der Waals surface area contributed by atoms with Crippen LogP contribution in [0.25, 0.3) is 0 Å². The van der Waals surface area contributed by atoms with Crippen LogP contribution in [0.2, 0.25) is 0 Å². The summed E-state index contributed by atoms with van der Waals surface area (Å²) in [5, 5.41) is 17.0. The number of hydrogen-bond acceptors (Lipinski definition) is 4. The van der Waals surface area contributed by atoms with Crippen molar-refractivity contribution in [3.8, 4) is 0 Å². The number of carbonyl (C=O) groups excluding carboxylic acids is 1. The lowest BCUT2D eigenvalue weighted by Crippen LogP contribution is -2.32. The van der Waals surface area contributed by atoms with Crippen molar-refractivity contribution in [2.75, 3.05) is 13.7 Å². The Morgan fingerprint density at radius 2 is 2.33 bits per heavy atom. The largest absolute Gasteiger partial charge is 0.394 e. The molecule has 0 saturated heterocycles. The van der Waals surface area contributed by atoms with Crippen LogP contribution in [0.3, 0.4) is 0 Å². The average molecular weight is 134 g/mol. The zero-order chi connectivity index (χ0) is 7.28. The van der Waals surface area contributed by atoms with Gasteiger partial charge in [0.2, 0.25) is 0 Å². The number of methoxy groups -OCH3 is 1. The van der Waals surface area contributed by atoms with Crippen LogP contribution in [0.5, 0.6) is 0 Å². The highest BCUT2D eigenvalue weighted by molar-refractivity contribution is 5.56. The lowest BCUT2D eigenvalue weighted by Gasteiger charge is -2.12. The van der Waals surface area contributed by atoms with Crippen molar-refractivity contribution in [2.45, 2.75) is 12.2 Å². The summed E-state index contributed by atoms with van der Waals surface area (Å²) in [7, 11) is 1.31. The van der Waals surface area contributed by atoms with E-state index in [9.17, 15) is 4.79 Å². The zero-order valence-corrected chi connectivity index (χ0v) is 5.15. The summed E-state index contributed by atoms with van der Waals surface area (Å²) in [6.07, 6.45) is -1.69. The van der Waals surface area contributed by atoms with Crippen molar-refractivity contribution in [3.05, 3.63) is 0 Å². The molecule has 2 unspecified atom stereocenters. The van der Waals surface area contributed by atoms with Gasteiger partial charge < -0.3 is 19.7 Å². The summed E-state index contributed by atoms with van der Waals surface area (Å²) < 4.78 is 4.52. The monoisotopic (exact) mass is 134 g/mol. The Balaban J connectivity index is 3.63. The molecule has 0 aromatic carbocycles. The molecule has 4 nitrogen and oxygen atoms in total. The second-order valence-electron chi connectivity index (χ2n) is 1.58. The van der Waals surface area contributed by atoms with E-state index in [1.165, 1.54) is 7.11 Å². The molecule has 2 N–H and O–H groups in total. The number of ether oxygens (including phenoxy) is 1. The molecule has 0 aromatic heterocycles. The Hall–Kier alpha value is -0.450. The molecule has 9 heavy (non-hydrogen) atoms. The molecular weight excluding hydrogens is 124 g/mol. The van der Waals surface area contributed by atoms with Crippen LogP contribution in [0.4, 0.5) is 0 Å². The minimum atomic E-state index is -1.22. The third-order valence-corrected chi connectivity index (χ3v) is 1.00. The maximum Gasteiger partial charge on any atom is 0.151 e. The van der Waals surface area contributed by atoms with Crippen molar-refractivity contribution in [1.29, 1.82) is 0 Å². The van der Waals surface area contributed by atoms with Crippen LogP contribution >= 0.6 is 0 Å². The summed E-state index contributed by atoms with van der Waals surface area (Å²) in [6.45, 7) is -0.351. The van der Waals surface area contributed by atoms with Gasteiger partial charge in [-0.1, -0.05) is 0 Å². The van der Waals surface area contributed by atoms with Crippen LogP contribution in [0.15, 0.2) is 0 Å². The summed E-state index contributed by atoms with van der Waals surface area (Å²) in [5.41, 5.74) is 0. The van der Waals surface area contributed by atoms with Gasteiger partial charge in [0.05, 0.1) is 6.61 Å². The summed E-state index contributed by atoms with van der Waals surface area (Å²) >= 11 is 0. The molecule has 0 amide bonds. The SMILES string of the molecule is COC(CO)C(O)C=O. The Kier molecular flexibility index (Phi) is 4.21. The van der Waals surface area contributed by atoms with Gasteiger partial charge in [0.15, 0.2) is 6.29 Å². The smallest absolute Gasteiger partial charge is 0.151 e. The second kappa shape index (κ2) is 4.43. The van der Waals surface area contributed by atoms with Gasteiger partial charge in [-0.15, -0.1) is 0 Å². The Bertz CT molecular complexity index is 79.0. The Morgan fingerprint density at radius 3 is 2.44 bits per heavy atom. The fourth-order valence-corrected chi connectivity index (χ4v) is 0.410. The molecule has 0 rings (SSSR count). The molecule has 0 saturated carbocycles. The average Bonchev–Trinajstić information content (AvgIpc) is 1.90. The van der Waals surface area contributed by atoms with E-state index in [4.69, 9.17) is 10.2 Å². The Morgan fingerprint density at radius 1 is 1.78 bits per heavy atom. The number of hydrogen-bond donors (Lipinski definition) is 2. The molecule has 0 aliphatic rings. The first kappa shape index (κ1) is 8.55.